The molecule has 0 saturated carbocycles. The van der Waals surface area contributed by atoms with E-state index < -0.39 is 0 Å². The first kappa shape index (κ1) is 12.8. The summed E-state index contributed by atoms with van der Waals surface area (Å²) in [7, 11) is 1.85. The summed E-state index contributed by atoms with van der Waals surface area (Å²) >= 11 is 11.1. The van der Waals surface area contributed by atoms with Crippen molar-refractivity contribution in [1.82, 2.24) is 9.97 Å². The Morgan fingerprint density at radius 2 is 2.11 bits per heavy atom. The molecule has 0 aliphatic rings. The van der Waals surface area contributed by atoms with Gasteiger partial charge in [0, 0.05) is 28.4 Å². The van der Waals surface area contributed by atoms with Crippen LogP contribution in [0.4, 0.5) is 5.82 Å². The van der Waals surface area contributed by atoms with Gasteiger partial charge in [-0.05, 0) is 40.2 Å². The molecule has 1 N–H and O–H groups in total. The number of anilines is 1. The molecule has 2 aromatic heterocycles. The molecule has 0 amide bonds. The van der Waals surface area contributed by atoms with E-state index in [1.165, 1.54) is 0 Å². The molecule has 0 saturated heterocycles. The third-order valence-electron chi connectivity index (χ3n) is 2.72. The fourth-order valence-corrected chi connectivity index (χ4v) is 3.15. The summed E-state index contributed by atoms with van der Waals surface area (Å²) in [6.07, 6.45) is 0. The maximum absolute atomic E-state index is 6.03. The van der Waals surface area contributed by atoms with Gasteiger partial charge in [-0.3, -0.25) is 0 Å². The van der Waals surface area contributed by atoms with Gasteiger partial charge in [0.1, 0.15) is 5.82 Å². The Balaban J connectivity index is 2.26. The SMILES string of the molecule is CNc1nc(-c2csc(Br)c2)nc2cc(Cl)ccc12. The normalized spacial score (nSPS) is 10.9. The molecule has 0 aliphatic heterocycles. The van der Waals surface area contributed by atoms with Crippen molar-refractivity contribution in [2.45, 2.75) is 0 Å². The van der Waals surface area contributed by atoms with Crippen molar-refractivity contribution in [3.63, 3.8) is 0 Å². The van der Waals surface area contributed by atoms with E-state index in [9.17, 15) is 0 Å². The average Bonchev–Trinajstić information content (AvgIpc) is 2.83. The Labute approximate surface area is 127 Å². The molecule has 19 heavy (non-hydrogen) atoms. The van der Waals surface area contributed by atoms with E-state index in [-0.39, 0.29) is 0 Å². The molecular formula is C13H9BrClN3S. The van der Waals surface area contributed by atoms with E-state index in [1.54, 1.807) is 11.3 Å². The van der Waals surface area contributed by atoms with Gasteiger partial charge in [-0.25, -0.2) is 9.97 Å². The second kappa shape index (κ2) is 5.07. The number of thiophene rings is 1. The highest BCUT2D eigenvalue weighted by Crippen LogP contribution is 2.30. The van der Waals surface area contributed by atoms with Gasteiger partial charge in [0.2, 0.25) is 0 Å². The molecule has 0 aliphatic carbocycles. The molecule has 2 heterocycles. The number of nitrogens with zero attached hydrogens (tertiary/aromatic N) is 2. The fourth-order valence-electron chi connectivity index (χ4n) is 1.85. The largest absolute Gasteiger partial charge is 0.373 e. The highest BCUT2D eigenvalue weighted by Gasteiger charge is 2.10. The topological polar surface area (TPSA) is 37.8 Å². The lowest BCUT2D eigenvalue weighted by atomic mass is 10.2. The summed E-state index contributed by atoms with van der Waals surface area (Å²) < 4.78 is 1.06. The number of hydrogen-bond acceptors (Lipinski definition) is 4. The van der Waals surface area contributed by atoms with Gasteiger partial charge in [0.15, 0.2) is 5.82 Å². The zero-order valence-corrected chi connectivity index (χ0v) is 13.1. The quantitative estimate of drug-likeness (QED) is 0.717. The van der Waals surface area contributed by atoms with E-state index in [0.717, 1.165) is 26.1 Å². The molecule has 0 unspecified atom stereocenters. The van der Waals surface area contributed by atoms with Crippen LogP contribution in [0, 0.1) is 0 Å². The number of hydrogen-bond donors (Lipinski definition) is 1. The van der Waals surface area contributed by atoms with Gasteiger partial charge in [-0.1, -0.05) is 11.6 Å². The summed E-state index contributed by atoms with van der Waals surface area (Å²) in [6.45, 7) is 0. The van der Waals surface area contributed by atoms with Crippen molar-refractivity contribution in [1.29, 1.82) is 0 Å². The monoisotopic (exact) mass is 353 g/mol. The minimum atomic E-state index is 0.672. The van der Waals surface area contributed by atoms with Crippen LogP contribution in [0.15, 0.2) is 33.4 Å². The van der Waals surface area contributed by atoms with E-state index in [1.807, 2.05) is 36.7 Å². The summed E-state index contributed by atoms with van der Waals surface area (Å²) in [6, 6.07) is 7.63. The minimum Gasteiger partial charge on any atom is -0.373 e. The Bertz CT molecular complexity index is 757. The van der Waals surface area contributed by atoms with Crippen LogP contribution in [0.2, 0.25) is 5.02 Å². The van der Waals surface area contributed by atoms with Gasteiger partial charge in [-0.2, -0.15) is 0 Å². The van der Waals surface area contributed by atoms with Crippen LogP contribution >= 0.6 is 38.9 Å². The van der Waals surface area contributed by atoms with E-state index in [0.29, 0.717) is 10.8 Å². The van der Waals surface area contributed by atoms with E-state index >= 15 is 0 Å². The van der Waals surface area contributed by atoms with Gasteiger partial charge in [0.25, 0.3) is 0 Å². The van der Waals surface area contributed by atoms with Gasteiger partial charge in [0.05, 0.1) is 9.30 Å². The van der Waals surface area contributed by atoms with E-state index in [4.69, 9.17) is 11.6 Å². The average molecular weight is 355 g/mol. The summed E-state index contributed by atoms with van der Waals surface area (Å²) in [5.41, 5.74) is 1.83. The van der Waals surface area contributed by atoms with Crippen LogP contribution in [0.25, 0.3) is 22.3 Å². The molecule has 0 fully saturated rings. The molecule has 96 valence electrons. The molecule has 0 bridgehead atoms. The first-order valence-electron chi connectivity index (χ1n) is 5.57. The second-order valence-electron chi connectivity index (χ2n) is 3.95. The number of fused-ring (bicyclic) bond motifs is 1. The summed E-state index contributed by atoms with van der Waals surface area (Å²) in [5, 5.41) is 6.76. The lowest BCUT2D eigenvalue weighted by Crippen LogP contribution is -1.98. The number of benzene rings is 1. The Morgan fingerprint density at radius 3 is 2.79 bits per heavy atom. The molecule has 3 rings (SSSR count). The predicted molar refractivity (Wildman–Crippen MR) is 85.1 cm³/mol. The highest BCUT2D eigenvalue weighted by molar-refractivity contribution is 9.11. The zero-order chi connectivity index (χ0) is 13.4. The van der Waals surface area contributed by atoms with Crippen molar-refractivity contribution in [3.05, 3.63) is 38.5 Å². The Kier molecular flexibility index (Phi) is 3.43. The number of rotatable bonds is 2. The van der Waals surface area contributed by atoms with Crippen LogP contribution in [-0.4, -0.2) is 17.0 Å². The molecule has 0 spiro atoms. The van der Waals surface area contributed by atoms with Gasteiger partial charge < -0.3 is 5.32 Å². The zero-order valence-electron chi connectivity index (χ0n) is 9.95. The van der Waals surface area contributed by atoms with Crippen molar-refractivity contribution in [3.8, 4) is 11.4 Å². The predicted octanol–water partition coefficient (Wildman–Crippen LogP) is 4.82. The first-order chi connectivity index (χ1) is 9.17. The molecule has 3 aromatic rings. The molecular weight excluding hydrogens is 346 g/mol. The van der Waals surface area contributed by atoms with Gasteiger partial charge in [-0.15, -0.1) is 11.3 Å². The summed E-state index contributed by atoms with van der Waals surface area (Å²) in [4.78, 5) is 9.13. The van der Waals surface area contributed by atoms with Gasteiger partial charge >= 0.3 is 0 Å². The fraction of sp³-hybridized carbons (Fsp3) is 0.0769. The third-order valence-corrected chi connectivity index (χ3v) is 4.46. The number of halogens is 2. The number of aromatic nitrogens is 2. The lowest BCUT2D eigenvalue weighted by molar-refractivity contribution is 1.22. The third kappa shape index (κ3) is 2.45. The van der Waals surface area contributed by atoms with Crippen LogP contribution in [0.3, 0.4) is 0 Å². The van der Waals surface area contributed by atoms with Crippen molar-refractivity contribution in [2.24, 2.45) is 0 Å². The van der Waals surface area contributed by atoms with Crippen LogP contribution < -0.4 is 5.32 Å². The van der Waals surface area contributed by atoms with Crippen molar-refractivity contribution >= 4 is 55.6 Å². The molecule has 6 heteroatoms. The maximum atomic E-state index is 6.03. The van der Waals surface area contributed by atoms with Crippen molar-refractivity contribution < 1.29 is 0 Å². The van der Waals surface area contributed by atoms with E-state index in [2.05, 4.69) is 31.2 Å². The molecule has 1 aromatic carbocycles. The second-order valence-corrected chi connectivity index (χ2v) is 6.67. The first-order valence-corrected chi connectivity index (χ1v) is 7.62. The molecule has 0 radical (unpaired) electrons. The molecule has 0 atom stereocenters. The smallest absolute Gasteiger partial charge is 0.163 e. The van der Waals surface area contributed by atoms with Crippen molar-refractivity contribution in [2.75, 3.05) is 12.4 Å². The maximum Gasteiger partial charge on any atom is 0.163 e. The Hall–Kier alpha value is -1.17. The van der Waals surface area contributed by atoms with Crippen LogP contribution in [-0.2, 0) is 0 Å². The Morgan fingerprint density at radius 1 is 1.26 bits per heavy atom. The minimum absolute atomic E-state index is 0.672. The van der Waals surface area contributed by atoms with Crippen LogP contribution in [0.1, 0.15) is 0 Å². The highest BCUT2D eigenvalue weighted by atomic mass is 79.9. The van der Waals surface area contributed by atoms with Crippen LogP contribution in [0.5, 0.6) is 0 Å². The number of nitrogens with one attached hydrogen (secondary N) is 1. The lowest BCUT2D eigenvalue weighted by Gasteiger charge is -2.07. The summed E-state index contributed by atoms with van der Waals surface area (Å²) in [5.74, 6) is 1.50. The molecule has 3 nitrogen and oxygen atoms in total. The standard InChI is InChI=1S/C13H9BrClN3S/c1-16-13-9-3-2-8(15)5-10(9)17-12(18-13)7-4-11(14)19-6-7/h2-6H,1H3,(H,16,17,18).